The molecule has 2 aromatic heterocycles. The van der Waals surface area contributed by atoms with Gasteiger partial charge in [-0.25, -0.2) is 0 Å². The molecule has 1 N–H and O–H groups in total. The molecule has 2 heterocycles. The quantitative estimate of drug-likeness (QED) is 0.506. The number of pyridine rings is 2. The minimum absolute atomic E-state index is 0.665. The van der Waals surface area contributed by atoms with Crippen molar-refractivity contribution in [3.8, 4) is 16.9 Å². The fraction of sp³-hybridized carbons (Fsp3) is 0.0476. The lowest BCUT2D eigenvalue weighted by atomic mass is 10.1. The van der Waals surface area contributed by atoms with Gasteiger partial charge in [0.1, 0.15) is 5.75 Å². The van der Waals surface area contributed by atoms with Gasteiger partial charge in [0.15, 0.2) is 0 Å². The van der Waals surface area contributed by atoms with E-state index >= 15 is 0 Å². The van der Waals surface area contributed by atoms with Crippen molar-refractivity contribution in [1.29, 1.82) is 0 Å². The number of hydrogen-bond donors (Lipinski definition) is 1. The number of hydrogen-bond acceptors (Lipinski definition) is 4. The van der Waals surface area contributed by atoms with E-state index < -0.39 is 0 Å². The van der Waals surface area contributed by atoms with Gasteiger partial charge in [-0.05, 0) is 48.5 Å². The second-order valence-electron chi connectivity index (χ2n) is 5.81. The van der Waals surface area contributed by atoms with E-state index in [2.05, 4.69) is 15.3 Å². The number of nitrogens with one attached hydrogen (secondary N) is 1. The Hall–Kier alpha value is -3.11. The van der Waals surface area contributed by atoms with E-state index in [4.69, 9.17) is 16.3 Å². The molecule has 0 unspecified atom stereocenters. The molecule has 0 radical (unpaired) electrons. The first-order chi connectivity index (χ1) is 12.7. The van der Waals surface area contributed by atoms with Crippen molar-refractivity contribution < 1.29 is 4.74 Å². The van der Waals surface area contributed by atoms with Crippen LogP contribution in [-0.4, -0.2) is 17.1 Å². The fourth-order valence-corrected chi connectivity index (χ4v) is 3.02. The lowest BCUT2D eigenvalue weighted by Crippen LogP contribution is -1.94. The monoisotopic (exact) mass is 361 g/mol. The maximum absolute atomic E-state index is 6.43. The highest BCUT2D eigenvalue weighted by atomic mass is 35.5. The number of benzene rings is 2. The summed E-state index contributed by atoms with van der Waals surface area (Å²) in [6, 6.07) is 17.5. The van der Waals surface area contributed by atoms with Crippen LogP contribution < -0.4 is 10.1 Å². The zero-order valence-electron chi connectivity index (χ0n) is 14.1. The normalized spacial score (nSPS) is 10.7. The Morgan fingerprint density at radius 3 is 2.54 bits per heavy atom. The van der Waals surface area contributed by atoms with E-state index in [1.54, 1.807) is 13.3 Å². The largest absolute Gasteiger partial charge is 0.497 e. The molecule has 0 saturated carbocycles. The Labute approximate surface area is 156 Å². The molecular weight excluding hydrogens is 346 g/mol. The van der Waals surface area contributed by atoms with Crippen molar-refractivity contribution in [2.45, 2.75) is 0 Å². The van der Waals surface area contributed by atoms with Gasteiger partial charge < -0.3 is 10.1 Å². The smallest absolute Gasteiger partial charge is 0.119 e. The summed E-state index contributed by atoms with van der Waals surface area (Å²) in [6.07, 6.45) is 5.41. The Morgan fingerprint density at radius 1 is 0.962 bits per heavy atom. The molecule has 4 nitrogen and oxygen atoms in total. The first kappa shape index (κ1) is 16.4. The molecule has 4 aromatic rings. The van der Waals surface area contributed by atoms with E-state index in [9.17, 15) is 0 Å². The molecule has 0 amide bonds. The van der Waals surface area contributed by atoms with Crippen molar-refractivity contribution in [3.05, 3.63) is 78.2 Å². The third-order valence-electron chi connectivity index (χ3n) is 4.16. The number of nitrogens with zero attached hydrogens (tertiary/aromatic N) is 2. The zero-order chi connectivity index (χ0) is 17.9. The van der Waals surface area contributed by atoms with Crippen LogP contribution in [0.5, 0.6) is 5.75 Å². The number of rotatable bonds is 4. The summed E-state index contributed by atoms with van der Waals surface area (Å²) >= 11 is 6.43. The van der Waals surface area contributed by atoms with Crippen LogP contribution in [-0.2, 0) is 0 Å². The first-order valence-corrected chi connectivity index (χ1v) is 8.52. The standard InChI is InChI=1S/C21H16ClN3O/c1-26-17-6-4-16(5-7-17)25-20-9-8-19(22)18-11-15(13-24-21(18)20)14-3-2-10-23-12-14/h2-13,25H,1H3. The van der Waals surface area contributed by atoms with E-state index in [-0.39, 0.29) is 0 Å². The molecule has 0 fully saturated rings. The van der Waals surface area contributed by atoms with E-state index in [0.29, 0.717) is 5.02 Å². The SMILES string of the molecule is COc1ccc(Nc2ccc(Cl)c3cc(-c4cccnc4)cnc23)cc1. The Kier molecular flexibility index (Phi) is 4.42. The van der Waals surface area contributed by atoms with Crippen LogP contribution in [0.15, 0.2) is 73.2 Å². The molecule has 128 valence electrons. The average Bonchev–Trinajstić information content (AvgIpc) is 2.71. The average molecular weight is 362 g/mol. The van der Waals surface area contributed by atoms with E-state index in [1.165, 1.54) is 0 Å². The molecule has 2 aromatic carbocycles. The molecule has 5 heteroatoms. The highest BCUT2D eigenvalue weighted by Crippen LogP contribution is 2.33. The van der Waals surface area contributed by atoms with Crippen molar-refractivity contribution in [2.75, 3.05) is 12.4 Å². The summed E-state index contributed by atoms with van der Waals surface area (Å²) in [5.41, 5.74) is 4.65. The molecule has 0 atom stereocenters. The molecule has 0 aliphatic rings. The number of anilines is 2. The summed E-state index contributed by atoms with van der Waals surface area (Å²) in [5, 5.41) is 4.96. The lowest BCUT2D eigenvalue weighted by molar-refractivity contribution is 0.415. The lowest BCUT2D eigenvalue weighted by Gasteiger charge is -2.12. The summed E-state index contributed by atoms with van der Waals surface area (Å²) in [6.45, 7) is 0. The fourth-order valence-electron chi connectivity index (χ4n) is 2.81. The Bertz CT molecular complexity index is 1050. The van der Waals surface area contributed by atoms with E-state index in [0.717, 1.165) is 39.2 Å². The van der Waals surface area contributed by atoms with Crippen LogP contribution in [0.1, 0.15) is 0 Å². The minimum Gasteiger partial charge on any atom is -0.497 e. The number of aromatic nitrogens is 2. The van der Waals surface area contributed by atoms with E-state index in [1.807, 2.05) is 67.0 Å². The summed E-state index contributed by atoms with van der Waals surface area (Å²) < 4.78 is 5.20. The van der Waals surface area contributed by atoms with Gasteiger partial charge in [0.05, 0.1) is 23.3 Å². The maximum atomic E-state index is 6.43. The summed E-state index contributed by atoms with van der Waals surface area (Å²) in [5.74, 6) is 0.816. The topological polar surface area (TPSA) is 47.0 Å². The molecule has 0 spiro atoms. The maximum Gasteiger partial charge on any atom is 0.119 e. The second-order valence-corrected chi connectivity index (χ2v) is 6.22. The van der Waals surface area contributed by atoms with Crippen LogP contribution in [0, 0.1) is 0 Å². The number of halogens is 1. The Balaban J connectivity index is 1.75. The van der Waals surface area contributed by atoms with Gasteiger partial charge in [-0.3, -0.25) is 9.97 Å². The molecule has 4 rings (SSSR count). The predicted molar refractivity (Wildman–Crippen MR) is 106 cm³/mol. The van der Waals surface area contributed by atoms with Crippen LogP contribution in [0.4, 0.5) is 11.4 Å². The molecule has 0 bridgehead atoms. The third-order valence-corrected chi connectivity index (χ3v) is 4.49. The van der Waals surface area contributed by atoms with Gasteiger partial charge in [0.25, 0.3) is 0 Å². The van der Waals surface area contributed by atoms with Crippen LogP contribution >= 0.6 is 11.6 Å². The number of methoxy groups -OCH3 is 1. The van der Waals surface area contributed by atoms with Gasteiger partial charge in [-0.15, -0.1) is 0 Å². The molecule has 0 aliphatic heterocycles. The summed E-state index contributed by atoms with van der Waals surface area (Å²) in [7, 11) is 1.65. The zero-order valence-corrected chi connectivity index (χ0v) is 14.9. The second kappa shape index (κ2) is 7.02. The Morgan fingerprint density at radius 2 is 1.81 bits per heavy atom. The van der Waals surface area contributed by atoms with Crippen molar-refractivity contribution in [2.24, 2.45) is 0 Å². The first-order valence-electron chi connectivity index (χ1n) is 8.14. The molecular formula is C21H16ClN3O. The molecule has 0 saturated heterocycles. The van der Waals surface area contributed by atoms with Crippen molar-refractivity contribution >= 4 is 33.9 Å². The van der Waals surface area contributed by atoms with Crippen molar-refractivity contribution in [3.63, 3.8) is 0 Å². The van der Waals surface area contributed by atoms with Gasteiger partial charge in [-0.1, -0.05) is 17.7 Å². The number of fused-ring (bicyclic) bond motifs is 1. The molecule has 0 aliphatic carbocycles. The van der Waals surface area contributed by atoms with Crippen LogP contribution in [0.2, 0.25) is 5.02 Å². The van der Waals surface area contributed by atoms with Gasteiger partial charge in [-0.2, -0.15) is 0 Å². The predicted octanol–water partition coefficient (Wildman–Crippen LogP) is 5.70. The van der Waals surface area contributed by atoms with Gasteiger partial charge in [0, 0.05) is 40.8 Å². The van der Waals surface area contributed by atoms with Gasteiger partial charge >= 0.3 is 0 Å². The summed E-state index contributed by atoms with van der Waals surface area (Å²) in [4.78, 5) is 8.82. The van der Waals surface area contributed by atoms with Gasteiger partial charge in [0.2, 0.25) is 0 Å². The highest BCUT2D eigenvalue weighted by Gasteiger charge is 2.09. The third kappa shape index (κ3) is 3.19. The highest BCUT2D eigenvalue weighted by molar-refractivity contribution is 6.36. The minimum atomic E-state index is 0.665. The van der Waals surface area contributed by atoms with Crippen LogP contribution in [0.3, 0.4) is 0 Å². The van der Waals surface area contributed by atoms with Crippen LogP contribution in [0.25, 0.3) is 22.0 Å². The number of ether oxygens (including phenoxy) is 1. The molecule has 26 heavy (non-hydrogen) atoms. The van der Waals surface area contributed by atoms with Crippen molar-refractivity contribution in [1.82, 2.24) is 9.97 Å².